The molecule has 1 aliphatic carbocycles. The highest BCUT2D eigenvalue weighted by Gasteiger charge is 2.30. The molecule has 2 aromatic rings. The lowest BCUT2D eigenvalue weighted by Gasteiger charge is -2.13. The zero-order chi connectivity index (χ0) is 18.9. The van der Waals surface area contributed by atoms with Gasteiger partial charge in [-0.05, 0) is 44.9 Å². The molecule has 1 aromatic heterocycles. The summed E-state index contributed by atoms with van der Waals surface area (Å²) in [5.74, 6) is -0.181. The Morgan fingerprint density at radius 1 is 1.27 bits per heavy atom. The summed E-state index contributed by atoms with van der Waals surface area (Å²) in [7, 11) is -1.48. The van der Waals surface area contributed by atoms with Gasteiger partial charge in [-0.2, -0.15) is 5.10 Å². The van der Waals surface area contributed by atoms with Gasteiger partial charge in [-0.15, -0.1) is 0 Å². The number of carbonyl (C=O) groups is 1. The van der Waals surface area contributed by atoms with Crippen LogP contribution in [0.25, 0.3) is 0 Å². The molecule has 0 aliphatic heterocycles. The third-order valence-electron chi connectivity index (χ3n) is 5.18. The Kier molecular flexibility index (Phi) is 5.18. The first-order valence-electron chi connectivity index (χ1n) is 8.92. The Bertz CT molecular complexity index is 926. The number of hydrogen-bond acceptors (Lipinski definition) is 4. The first kappa shape index (κ1) is 18.6. The molecule has 1 N–H and O–H groups in total. The molecule has 0 bridgehead atoms. The molecule has 26 heavy (non-hydrogen) atoms. The van der Waals surface area contributed by atoms with Crippen LogP contribution in [0.15, 0.2) is 29.2 Å². The van der Waals surface area contributed by atoms with Gasteiger partial charge < -0.3 is 5.32 Å². The van der Waals surface area contributed by atoms with Crippen molar-refractivity contribution in [3.8, 4) is 0 Å². The van der Waals surface area contributed by atoms with Crippen molar-refractivity contribution < 1.29 is 13.2 Å². The summed E-state index contributed by atoms with van der Waals surface area (Å²) in [6.45, 7) is 3.81. The van der Waals surface area contributed by atoms with Crippen molar-refractivity contribution in [2.45, 2.75) is 56.1 Å². The first-order chi connectivity index (χ1) is 12.3. The first-order valence-corrected chi connectivity index (χ1v) is 10.5. The molecule has 0 saturated heterocycles. The van der Waals surface area contributed by atoms with Crippen molar-refractivity contribution in [1.82, 2.24) is 9.78 Å². The average molecular weight is 375 g/mol. The molecule has 7 heteroatoms. The van der Waals surface area contributed by atoms with Crippen molar-refractivity contribution in [2.75, 3.05) is 5.32 Å². The number of amides is 1. The lowest BCUT2D eigenvalue weighted by Crippen LogP contribution is -2.19. The lowest BCUT2D eigenvalue weighted by molar-refractivity contribution is -0.115. The number of sulfone groups is 1. The highest BCUT2D eigenvalue weighted by Crippen LogP contribution is 2.30. The molecule has 1 heterocycles. The average Bonchev–Trinajstić information content (AvgIpc) is 3.21. The number of anilines is 1. The van der Waals surface area contributed by atoms with Crippen LogP contribution < -0.4 is 5.32 Å². The van der Waals surface area contributed by atoms with Crippen LogP contribution in [0.4, 0.5) is 5.69 Å². The molecule has 1 amide bonds. The molecule has 1 aliphatic rings. The highest BCUT2D eigenvalue weighted by atomic mass is 32.2. The zero-order valence-corrected chi connectivity index (χ0v) is 16.3. The maximum atomic E-state index is 12.7. The van der Waals surface area contributed by atoms with Crippen LogP contribution in [-0.4, -0.2) is 29.4 Å². The van der Waals surface area contributed by atoms with Gasteiger partial charge in [-0.25, -0.2) is 8.42 Å². The maximum Gasteiger partial charge on any atom is 0.228 e. The third kappa shape index (κ3) is 3.67. The molecule has 3 rings (SSSR count). The van der Waals surface area contributed by atoms with Gasteiger partial charge in [0.15, 0.2) is 9.84 Å². The van der Waals surface area contributed by atoms with Crippen LogP contribution in [0.5, 0.6) is 0 Å². The van der Waals surface area contributed by atoms with E-state index in [9.17, 15) is 13.2 Å². The number of rotatable bonds is 5. The molecular formula is C19H25N3O3S. The summed E-state index contributed by atoms with van der Waals surface area (Å²) in [4.78, 5) is 12.7. The second kappa shape index (κ2) is 7.23. The molecule has 0 spiro atoms. The Morgan fingerprint density at radius 3 is 2.58 bits per heavy atom. The largest absolute Gasteiger partial charge is 0.326 e. The molecule has 6 nitrogen and oxygen atoms in total. The van der Waals surface area contributed by atoms with Gasteiger partial charge in [-0.1, -0.05) is 18.9 Å². The van der Waals surface area contributed by atoms with E-state index in [1.165, 1.54) is 0 Å². The Morgan fingerprint density at radius 2 is 1.96 bits per heavy atom. The van der Waals surface area contributed by atoms with Gasteiger partial charge in [0.2, 0.25) is 5.91 Å². The van der Waals surface area contributed by atoms with E-state index < -0.39 is 9.84 Å². The fraction of sp³-hybridized carbons (Fsp3) is 0.474. The van der Waals surface area contributed by atoms with E-state index >= 15 is 0 Å². The van der Waals surface area contributed by atoms with Crippen molar-refractivity contribution in [2.24, 2.45) is 7.05 Å². The third-order valence-corrected chi connectivity index (χ3v) is 7.44. The minimum Gasteiger partial charge on any atom is -0.326 e. The van der Waals surface area contributed by atoms with Crippen LogP contribution in [0.3, 0.4) is 0 Å². The SMILES string of the molecule is Cc1nn(C)c(C)c1CC(=O)Nc1cccc(S(=O)(=O)C2CCCC2)c1. The summed E-state index contributed by atoms with van der Waals surface area (Å²) in [6.07, 6.45) is 3.58. The standard InChI is InChI=1S/C19H25N3O3S/c1-13-18(14(2)22(3)21-13)12-19(23)20-15-7-6-10-17(11-15)26(24,25)16-8-4-5-9-16/h6-7,10-11,16H,4-5,8-9,12H2,1-3H3,(H,20,23). The molecule has 1 saturated carbocycles. The molecule has 0 radical (unpaired) electrons. The predicted octanol–water partition coefficient (Wildman–Crippen LogP) is 2.93. The number of nitrogens with one attached hydrogen (secondary N) is 1. The van der Waals surface area contributed by atoms with Crippen LogP contribution in [0.1, 0.15) is 42.6 Å². The molecule has 0 unspecified atom stereocenters. The molecule has 0 atom stereocenters. The summed E-state index contributed by atoms with van der Waals surface area (Å²) in [5, 5.41) is 6.84. The quantitative estimate of drug-likeness (QED) is 0.871. The number of benzene rings is 1. The Hall–Kier alpha value is -2.15. The van der Waals surface area contributed by atoms with Gasteiger partial charge in [-0.3, -0.25) is 9.48 Å². The van der Waals surface area contributed by atoms with Gasteiger partial charge in [0, 0.05) is 24.0 Å². The monoisotopic (exact) mass is 375 g/mol. The van der Waals surface area contributed by atoms with E-state index in [-0.39, 0.29) is 22.5 Å². The van der Waals surface area contributed by atoms with Crippen LogP contribution >= 0.6 is 0 Å². The van der Waals surface area contributed by atoms with E-state index in [0.29, 0.717) is 5.69 Å². The summed E-state index contributed by atoms with van der Waals surface area (Å²) < 4.78 is 27.2. The number of carbonyl (C=O) groups excluding carboxylic acids is 1. The number of hydrogen-bond donors (Lipinski definition) is 1. The van der Waals surface area contributed by atoms with Crippen LogP contribution in [-0.2, 0) is 28.1 Å². The van der Waals surface area contributed by atoms with Gasteiger partial charge in [0.25, 0.3) is 0 Å². The van der Waals surface area contributed by atoms with E-state index in [4.69, 9.17) is 0 Å². The van der Waals surface area contributed by atoms with Crippen molar-refractivity contribution in [3.05, 3.63) is 41.2 Å². The van der Waals surface area contributed by atoms with Crippen LogP contribution in [0, 0.1) is 13.8 Å². The Balaban J connectivity index is 1.75. The van der Waals surface area contributed by atoms with E-state index in [0.717, 1.165) is 42.6 Å². The van der Waals surface area contributed by atoms with Gasteiger partial charge >= 0.3 is 0 Å². The minimum absolute atomic E-state index is 0.181. The molecule has 1 aromatic carbocycles. The zero-order valence-electron chi connectivity index (χ0n) is 15.4. The van der Waals surface area contributed by atoms with E-state index in [1.807, 2.05) is 20.9 Å². The highest BCUT2D eigenvalue weighted by molar-refractivity contribution is 7.92. The topological polar surface area (TPSA) is 81.1 Å². The van der Waals surface area contributed by atoms with E-state index in [2.05, 4.69) is 10.4 Å². The van der Waals surface area contributed by atoms with Crippen molar-refractivity contribution >= 4 is 21.4 Å². The molecule has 140 valence electrons. The number of aromatic nitrogens is 2. The minimum atomic E-state index is -3.33. The van der Waals surface area contributed by atoms with Crippen molar-refractivity contribution in [1.29, 1.82) is 0 Å². The van der Waals surface area contributed by atoms with Gasteiger partial charge in [0.05, 0.1) is 22.3 Å². The predicted molar refractivity (Wildman–Crippen MR) is 101 cm³/mol. The lowest BCUT2D eigenvalue weighted by atomic mass is 10.1. The normalized spacial score (nSPS) is 15.3. The van der Waals surface area contributed by atoms with Crippen molar-refractivity contribution in [3.63, 3.8) is 0 Å². The van der Waals surface area contributed by atoms with Crippen LogP contribution in [0.2, 0.25) is 0 Å². The Labute approximate surface area is 154 Å². The van der Waals surface area contributed by atoms with E-state index in [1.54, 1.807) is 28.9 Å². The molecular weight excluding hydrogens is 350 g/mol. The fourth-order valence-corrected chi connectivity index (χ4v) is 5.48. The number of nitrogens with zero attached hydrogens (tertiary/aromatic N) is 2. The summed E-state index contributed by atoms with van der Waals surface area (Å²) in [5.41, 5.74) is 3.20. The summed E-state index contributed by atoms with van der Waals surface area (Å²) >= 11 is 0. The fourth-order valence-electron chi connectivity index (χ4n) is 3.58. The smallest absolute Gasteiger partial charge is 0.228 e. The van der Waals surface area contributed by atoms with Gasteiger partial charge in [0.1, 0.15) is 0 Å². The second-order valence-electron chi connectivity index (χ2n) is 6.98. The summed E-state index contributed by atoms with van der Waals surface area (Å²) in [6, 6.07) is 6.57. The molecule has 1 fully saturated rings. The number of aryl methyl sites for hydroxylation is 2. The maximum absolute atomic E-state index is 12.7. The second-order valence-corrected chi connectivity index (χ2v) is 9.21.